The molecule has 0 N–H and O–H groups in total. The maximum Gasteiger partial charge on any atom is 0.143 e. The fraction of sp³-hybridized carbons (Fsp3) is 0.696. The van der Waals surface area contributed by atoms with E-state index in [1.54, 1.807) is 13.0 Å². The molecule has 0 aromatic heterocycles. The van der Waals surface area contributed by atoms with Gasteiger partial charge in [-0.2, -0.15) is 0 Å². The number of carbonyl (C=O) groups is 1. The summed E-state index contributed by atoms with van der Waals surface area (Å²) in [4.78, 5) is 13.6. The van der Waals surface area contributed by atoms with Gasteiger partial charge in [-0.05, 0) is 44.2 Å². The van der Waals surface area contributed by atoms with Gasteiger partial charge in [-0.15, -0.1) is 13.2 Å². The number of ether oxygens (including phenoxy) is 2. The molecule has 2 unspecified atom stereocenters. The summed E-state index contributed by atoms with van der Waals surface area (Å²) in [7, 11) is 1.98. The molecular weight excluding hydrogens is 338 g/mol. The number of likely N-dealkylation sites (N-methyl/N-ethyl adjacent to an activating group) is 1. The average Bonchev–Trinajstić information content (AvgIpc) is 2.54. The SMILES string of the molecule is C=CCOCC(COCC(=C)C(C)C)(CC(C)CC=C)CN(C)CC(C)=O. The van der Waals surface area contributed by atoms with Gasteiger partial charge in [0.2, 0.25) is 0 Å². The first kappa shape index (κ1) is 25.8. The summed E-state index contributed by atoms with van der Waals surface area (Å²) in [5.74, 6) is 1.01. The van der Waals surface area contributed by atoms with Gasteiger partial charge in [0.15, 0.2) is 0 Å². The maximum atomic E-state index is 11.6. The van der Waals surface area contributed by atoms with Crippen molar-refractivity contribution in [1.82, 2.24) is 4.90 Å². The topological polar surface area (TPSA) is 38.8 Å². The molecule has 0 saturated heterocycles. The highest BCUT2D eigenvalue weighted by Gasteiger charge is 2.34. The van der Waals surface area contributed by atoms with E-state index in [-0.39, 0.29) is 11.2 Å². The summed E-state index contributed by atoms with van der Waals surface area (Å²) in [6.45, 7) is 23.2. The number of ketones is 1. The zero-order chi connectivity index (χ0) is 20.9. The quantitative estimate of drug-likeness (QED) is 0.275. The molecule has 0 aliphatic rings. The molecule has 0 aromatic carbocycles. The van der Waals surface area contributed by atoms with Crippen molar-refractivity contribution in [3.05, 3.63) is 37.5 Å². The molecule has 0 aliphatic carbocycles. The highest BCUT2D eigenvalue weighted by Crippen LogP contribution is 2.31. The van der Waals surface area contributed by atoms with Gasteiger partial charge in [0, 0.05) is 12.0 Å². The van der Waals surface area contributed by atoms with Gasteiger partial charge in [0.05, 0.1) is 33.0 Å². The highest BCUT2D eigenvalue weighted by atomic mass is 16.5. The molecule has 0 saturated carbocycles. The lowest BCUT2D eigenvalue weighted by Crippen LogP contribution is -2.45. The van der Waals surface area contributed by atoms with Gasteiger partial charge in [-0.3, -0.25) is 9.69 Å². The number of hydrogen-bond donors (Lipinski definition) is 0. The van der Waals surface area contributed by atoms with Crippen LogP contribution in [-0.2, 0) is 14.3 Å². The van der Waals surface area contributed by atoms with Crippen LogP contribution in [0.1, 0.15) is 40.5 Å². The van der Waals surface area contributed by atoms with E-state index >= 15 is 0 Å². The second-order valence-corrected chi connectivity index (χ2v) is 8.32. The second kappa shape index (κ2) is 13.9. The fourth-order valence-corrected chi connectivity index (χ4v) is 3.36. The predicted octanol–water partition coefficient (Wildman–Crippen LogP) is 4.53. The Hall–Kier alpha value is -1.23. The minimum Gasteiger partial charge on any atom is -0.377 e. The third-order valence-corrected chi connectivity index (χ3v) is 4.60. The summed E-state index contributed by atoms with van der Waals surface area (Å²) >= 11 is 0. The van der Waals surface area contributed by atoms with Gasteiger partial charge in [0.25, 0.3) is 0 Å². The number of allylic oxidation sites excluding steroid dienone is 1. The molecular formula is C23H41NO3. The Kier molecular flexibility index (Phi) is 13.2. The number of nitrogens with zero attached hydrogens (tertiary/aromatic N) is 1. The van der Waals surface area contributed by atoms with E-state index in [4.69, 9.17) is 9.47 Å². The molecule has 4 heteroatoms. The van der Waals surface area contributed by atoms with Crippen LogP contribution in [-0.4, -0.2) is 57.2 Å². The number of rotatable bonds is 17. The first-order valence-corrected chi connectivity index (χ1v) is 9.88. The van der Waals surface area contributed by atoms with Crippen LogP contribution in [0.3, 0.4) is 0 Å². The Balaban J connectivity index is 5.31. The summed E-state index contributed by atoms with van der Waals surface area (Å²) in [6.07, 6.45) is 5.60. The number of carbonyl (C=O) groups excluding carboxylic acids is 1. The van der Waals surface area contributed by atoms with Crippen LogP contribution in [0.2, 0.25) is 0 Å². The monoisotopic (exact) mass is 379 g/mol. The lowest BCUT2D eigenvalue weighted by molar-refractivity contribution is -0.118. The second-order valence-electron chi connectivity index (χ2n) is 8.32. The Labute approximate surface area is 167 Å². The molecule has 4 nitrogen and oxygen atoms in total. The number of hydrogen-bond acceptors (Lipinski definition) is 4. The molecule has 156 valence electrons. The zero-order valence-electron chi connectivity index (χ0n) is 18.3. The van der Waals surface area contributed by atoms with Crippen molar-refractivity contribution in [3.8, 4) is 0 Å². The van der Waals surface area contributed by atoms with Crippen LogP contribution < -0.4 is 0 Å². The van der Waals surface area contributed by atoms with Gasteiger partial charge in [0.1, 0.15) is 5.78 Å². The normalized spacial score (nSPS) is 14.8. The van der Waals surface area contributed by atoms with Crippen LogP contribution >= 0.6 is 0 Å². The van der Waals surface area contributed by atoms with E-state index < -0.39 is 0 Å². The van der Waals surface area contributed by atoms with Crippen molar-refractivity contribution >= 4 is 5.78 Å². The Morgan fingerprint density at radius 1 is 1.15 bits per heavy atom. The molecule has 0 aliphatic heterocycles. The Morgan fingerprint density at radius 3 is 2.30 bits per heavy atom. The van der Waals surface area contributed by atoms with Gasteiger partial charge in [-0.25, -0.2) is 0 Å². The van der Waals surface area contributed by atoms with Crippen LogP contribution in [0.15, 0.2) is 37.5 Å². The largest absolute Gasteiger partial charge is 0.377 e. The molecule has 0 aromatic rings. The van der Waals surface area contributed by atoms with E-state index in [9.17, 15) is 4.79 Å². The zero-order valence-corrected chi connectivity index (χ0v) is 18.3. The molecule has 0 radical (unpaired) electrons. The predicted molar refractivity (Wildman–Crippen MR) is 115 cm³/mol. The molecule has 27 heavy (non-hydrogen) atoms. The van der Waals surface area contributed by atoms with Crippen LogP contribution in [0.25, 0.3) is 0 Å². The molecule has 0 rings (SSSR count). The van der Waals surface area contributed by atoms with E-state index in [1.165, 1.54) is 0 Å². The first-order valence-electron chi connectivity index (χ1n) is 9.88. The standard InChI is InChI=1S/C23H41NO3/c1-9-11-20(5)13-23(17-26-12-10-2,16-24(8)14-22(7)25)18-27-15-21(6)19(3)4/h9-10,19-20H,1-2,6,11-18H2,3-5,7-8H3. The van der Waals surface area contributed by atoms with E-state index in [1.807, 2.05) is 13.1 Å². The van der Waals surface area contributed by atoms with E-state index in [2.05, 4.69) is 45.4 Å². The number of Topliss-reactive ketones (excluding diaryl/α,β-unsaturated/α-hetero) is 1. The Morgan fingerprint density at radius 2 is 1.78 bits per heavy atom. The minimum atomic E-state index is -0.201. The minimum absolute atomic E-state index is 0.159. The Bertz CT molecular complexity index is 472. The van der Waals surface area contributed by atoms with Gasteiger partial charge < -0.3 is 9.47 Å². The first-order chi connectivity index (χ1) is 12.7. The summed E-state index contributed by atoms with van der Waals surface area (Å²) in [5, 5.41) is 0. The van der Waals surface area contributed by atoms with Crippen LogP contribution in [0.5, 0.6) is 0 Å². The molecule has 0 amide bonds. The summed E-state index contributed by atoms with van der Waals surface area (Å²) < 4.78 is 12.0. The average molecular weight is 380 g/mol. The van der Waals surface area contributed by atoms with Crippen molar-refractivity contribution in [2.45, 2.75) is 40.5 Å². The van der Waals surface area contributed by atoms with E-state index in [0.717, 1.165) is 25.0 Å². The molecule has 0 spiro atoms. The molecule has 0 bridgehead atoms. The van der Waals surface area contributed by atoms with Crippen molar-refractivity contribution in [3.63, 3.8) is 0 Å². The lowest BCUT2D eigenvalue weighted by Gasteiger charge is -2.38. The van der Waals surface area contributed by atoms with Gasteiger partial charge in [-0.1, -0.05) is 39.5 Å². The summed E-state index contributed by atoms with van der Waals surface area (Å²) in [6, 6.07) is 0. The third-order valence-electron chi connectivity index (χ3n) is 4.60. The third kappa shape index (κ3) is 12.0. The smallest absolute Gasteiger partial charge is 0.143 e. The fourth-order valence-electron chi connectivity index (χ4n) is 3.36. The van der Waals surface area contributed by atoms with Crippen molar-refractivity contribution < 1.29 is 14.3 Å². The lowest BCUT2D eigenvalue weighted by atomic mass is 9.79. The van der Waals surface area contributed by atoms with Gasteiger partial charge >= 0.3 is 0 Å². The van der Waals surface area contributed by atoms with Crippen LogP contribution in [0.4, 0.5) is 0 Å². The van der Waals surface area contributed by atoms with Crippen molar-refractivity contribution in [2.75, 3.05) is 46.6 Å². The van der Waals surface area contributed by atoms with Crippen molar-refractivity contribution in [2.24, 2.45) is 17.3 Å². The molecule has 2 atom stereocenters. The van der Waals surface area contributed by atoms with Crippen molar-refractivity contribution in [1.29, 1.82) is 0 Å². The molecule has 0 heterocycles. The van der Waals surface area contributed by atoms with E-state index in [0.29, 0.717) is 44.8 Å². The summed E-state index contributed by atoms with van der Waals surface area (Å²) in [5.41, 5.74) is 0.888. The van der Waals surface area contributed by atoms with Crippen LogP contribution in [0, 0.1) is 17.3 Å². The molecule has 0 fully saturated rings. The highest BCUT2D eigenvalue weighted by molar-refractivity contribution is 5.77. The maximum absolute atomic E-state index is 11.6.